The number of imidazole rings is 1. The lowest BCUT2D eigenvalue weighted by molar-refractivity contribution is -0.157. The van der Waals surface area contributed by atoms with Crippen LogP contribution in [-0.4, -0.2) is 85.9 Å². The molecule has 3 unspecified atom stereocenters. The van der Waals surface area contributed by atoms with E-state index in [1.807, 2.05) is 80.4 Å². The molecular formula is C51H62N6O7. The van der Waals surface area contributed by atoms with Crippen LogP contribution in [0.15, 0.2) is 97.2 Å². The zero-order valence-corrected chi connectivity index (χ0v) is 37.9. The lowest BCUT2D eigenvalue weighted by atomic mass is 9.90. The molecular weight excluding hydrogens is 809 g/mol. The Kier molecular flexibility index (Phi) is 14.1. The maximum absolute atomic E-state index is 14.2. The molecule has 13 nitrogen and oxygen atoms in total. The summed E-state index contributed by atoms with van der Waals surface area (Å²) in [6.45, 7) is 11.8. The number of ether oxygens (including phenoxy) is 2. The number of hydrogen-bond acceptors (Lipinski definition) is 8. The van der Waals surface area contributed by atoms with Crippen molar-refractivity contribution >= 4 is 35.4 Å². The summed E-state index contributed by atoms with van der Waals surface area (Å²) in [5, 5.41) is 5.97. The maximum Gasteiger partial charge on any atom is 0.408 e. The van der Waals surface area contributed by atoms with Gasteiger partial charge in [0.15, 0.2) is 0 Å². The molecule has 2 aliphatic heterocycles. The van der Waals surface area contributed by atoms with E-state index in [2.05, 4.69) is 46.0 Å². The molecule has 5 atom stereocenters. The Labute approximate surface area is 376 Å². The molecule has 1 aliphatic carbocycles. The molecule has 4 aromatic rings. The van der Waals surface area contributed by atoms with Gasteiger partial charge < -0.3 is 34.9 Å². The first kappa shape index (κ1) is 45.8. The van der Waals surface area contributed by atoms with E-state index < -0.39 is 41.3 Å². The van der Waals surface area contributed by atoms with Crippen LogP contribution in [0.5, 0.6) is 0 Å². The van der Waals surface area contributed by atoms with Crippen LogP contribution in [0, 0.1) is 0 Å². The summed E-state index contributed by atoms with van der Waals surface area (Å²) in [4.78, 5) is 79.5. The van der Waals surface area contributed by atoms with Gasteiger partial charge in [0, 0.05) is 19.1 Å². The molecule has 3 aromatic carbocycles. The Balaban J connectivity index is 0.958. The van der Waals surface area contributed by atoms with Gasteiger partial charge >= 0.3 is 12.1 Å². The molecule has 13 heteroatoms. The van der Waals surface area contributed by atoms with E-state index in [9.17, 15) is 24.0 Å². The molecule has 64 heavy (non-hydrogen) atoms. The van der Waals surface area contributed by atoms with Crippen molar-refractivity contribution in [1.29, 1.82) is 0 Å². The van der Waals surface area contributed by atoms with E-state index >= 15 is 0 Å². The van der Waals surface area contributed by atoms with E-state index in [4.69, 9.17) is 14.5 Å². The molecule has 2 saturated heterocycles. The first-order chi connectivity index (χ1) is 30.5. The predicted molar refractivity (Wildman–Crippen MR) is 244 cm³/mol. The minimum Gasteiger partial charge on any atom is -0.460 e. The summed E-state index contributed by atoms with van der Waals surface area (Å²) < 4.78 is 11.1. The van der Waals surface area contributed by atoms with Crippen molar-refractivity contribution in [3.05, 3.63) is 120 Å². The number of rotatable bonds is 12. The highest BCUT2D eigenvalue weighted by molar-refractivity contribution is 5.93. The molecule has 0 spiro atoms. The third kappa shape index (κ3) is 11.5. The fourth-order valence-corrected chi connectivity index (χ4v) is 8.97. The number of esters is 1. The minimum absolute atomic E-state index is 0.0416. The van der Waals surface area contributed by atoms with Gasteiger partial charge in [-0.25, -0.2) is 9.78 Å². The number of carbonyl (C=O) groups excluding carboxylic acids is 5. The number of alkyl carbamates (subject to hydrolysis) is 1. The van der Waals surface area contributed by atoms with Crippen molar-refractivity contribution in [3.63, 3.8) is 0 Å². The summed E-state index contributed by atoms with van der Waals surface area (Å²) in [7, 11) is 0. The molecule has 2 fully saturated rings. The van der Waals surface area contributed by atoms with Gasteiger partial charge in [-0.3, -0.25) is 19.2 Å². The van der Waals surface area contributed by atoms with E-state index in [0.717, 1.165) is 53.9 Å². The number of H-pyrrole nitrogens is 1. The topological polar surface area (TPSA) is 163 Å². The smallest absolute Gasteiger partial charge is 0.408 e. The number of benzene rings is 3. The highest BCUT2D eigenvalue weighted by atomic mass is 16.6. The maximum atomic E-state index is 14.2. The van der Waals surface area contributed by atoms with Crippen LogP contribution in [0.4, 0.5) is 4.79 Å². The number of aromatic nitrogens is 2. The Bertz CT molecular complexity index is 2310. The molecule has 0 saturated carbocycles. The Morgan fingerprint density at radius 1 is 0.750 bits per heavy atom. The molecule has 338 valence electrons. The molecule has 7 rings (SSSR count). The predicted octanol–water partition coefficient (Wildman–Crippen LogP) is 8.56. The quantitative estimate of drug-likeness (QED) is 0.119. The van der Waals surface area contributed by atoms with Crippen LogP contribution in [0.2, 0.25) is 0 Å². The zero-order valence-electron chi connectivity index (χ0n) is 37.9. The summed E-state index contributed by atoms with van der Waals surface area (Å²) >= 11 is 0. The van der Waals surface area contributed by atoms with Gasteiger partial charge in [-0.1, -0.05) is 91.0 Å². The fourth-order valence-electron chi connectivity index (χ4n) is 8.97. The zero-order chi connectivity index (χ0) is 45.6. The van der Waals surface area contributed by atoms with Gasteiger partial charge in [0.2, 0.25) is 11.8 Å². The van der Waals surface area contributed by atoms with Crippen molar-refractivity contribution in [2.45, 2.75) is 134 Å². The highest BCUT2D eigenvalue weighted by Gasteiger charge is 2.40. The number of allylic oxidation sites excluding steroid dienone is 1. The van der Waals surface area contributed by atoms with Gasteiger partial charge in [-0.15, -0.1) is 0 Å². The summed E-state index contributed by atoms with van der Waals surface area (Å²) in [5.41, 5.74) is 4.15. The third-order valence-corrected chi connectivity index (χ3v) is 11.9. The van der Waals surface area contributed by atoms with Crippen LogP contribution in [0.1, 0.15) is 133 Å². The van der Waals surface area contributed by atoms with Crippen molar-refractivity contribution in [3.8, 4) is 11.3 Å². The molecule has 0 bridgehead atoms. The van der Waals surface area contributed by atoms with Gasteiger partial charge in [0.25, 0.3) is 5.91 Å². The summed E-state index contributed by atoms with van der Waals surface area (Å²) in [5.74, 6) is -0.979. The molecule has 3 aliphatic rings. The van der Waals surface area contributed by atoms with Crippen molar-refractivity contribution < 1.29 is 33.4 Å². The van der Waals surface area contributed by atoms with E-state index in [1.54, 1.807) is 37.8 Å². The Morgan fingerprint density at radius 2 is 1.38 bits per heavy atom. The molecule has 1 aromatic heterocycles. The number of likely N-dealkylation sites (tertiary alicyclic amines) is 2. The second kappa shape index (κ2) is 19.7. The number of nitrogens with zero attached hydrogens (tertiary/aromatic N) is 3. The second-order valence-electron chi connectivity index (χ2n) is 19.1. The monoisotopic (exact) mass is 870 g/mol. The molecule has 3 heterocycles. The van der Waals surface area contributed by atoms with Crippen LogP contribution in [0.25, 0.3) is 16.8 Å². The average molecular weight is 871 g/mol. The largest absolute Gasteiger partial charge is 0.460 e. The van der Waals surface area contributed by atoms with Crippen molar-refractivity contribution in [1.82, 2.24) is 30.4 Å². The van der Waals surface area contributed by atoms with E-state index in [-0.39, 0.29) is 36.2 Å². The van der Waals surface area contributed by atoms with E-state index in [0.29, 0.717) is 37.9 Å². The normalized spacial score (nSPS) is 19.9. The van der Waals surface area contributed by atoms with Gasteiger partial charge in [0.1, 0.15) is 29.1 Å². The first-order valence-corrected chi connectivity index (χ1v) is 22.6. The minimum atomic E-state index is -0.989. The SMILES string of the molecule is CC(C)(C)OC(=O)C[C@@H](C(=O)N1CCCC1c1ncc(-c2ccc(C3=CCC(NC(=O)C4CCCN4C(=O)[C@@H](NC(=O)OC(C)(C)C)c4ccccc4)CC3)cc2)[nH]1)c1ccccc1. The number of hydrogen-bond donors (Lipinski definition) is 3. The summed E-state index contributed by atoms with van der Waals surface area (Å²) in [6.07, 6.45) is 8.30. The average Bonchev–Trinajstić information content (AvgIpc) is 4.06. The lowest BCUT2D eigenvalue weighted by Gasteiger charge is -2.31. The molecule has 4 amide bonds. The Morgan fingerprint density at radius 3 is 2.02 bits per heavy atom. The first-order valence-electron chi connectivity index (χ1n) is 22.6. The third-order valence-electron chi connectivity index (χ3n) is 11.9. The number of aromatic amines is 1. The standard InChI is InChI=1S/C51H62N6O7/c1-50(2,3)63-43(58)31-39(35-15-9-7-10-16-35)47(60)56-29-13-19-41(56)45-52-32-40(54-45)36-23-21-33(22-24-36)34-25-27-38(28-26-34)53-46(59)42-20-14-30-57(42)48(61)44(37-17-11-8-12-18-37)55-49(62)64-51(4,5)6/h7-12,15-18,21-25,32,38-39,41-42,44H,13-14,19-20,26-31H2,1-6H3,(H,52,54)(H,53,59)(H,55,62)/t38?,39-,41?,42?,44+/m1/s1. The number of amides is 4. The van der Waals surface area contributed by atoms with E-state index in [1.165, 1.54) is 5.57 Å². The van der Waals surface area contributed by atoms with Crippen LogP contribution in [-0.2, 0) is 28.7 Å². The van der Waals surface area contributed by atoms with Crippen LogP contribution >= 0.6 is 0 Å². The second-order valence-corrected chi connectivity index (χ2v) is 19.1. The van der Waals surface area contributed by atoms with Crippen LogP contribution < -0.4 is 10.6 Å². The highest BCUT2D eigenvalue weighted by Crippen LogP contribution is 2.36. The van der Waals surface area contributed by atoms with Crippen molar-refractivity contribution in [2.24, 2.45) is 0 Å². The molecule has 3 N–H and O–H groups in total. The number of nitrogens with one attached hydrogen (secondary N) is 3. The van der Waals surface area contributed by atoms with Gasteiger partial charge in [-0.05, 0) is 114 Å². The van der Waals surface area contributed by atoms with Crippen LogP contribution in [0.3, 0.4) is 0 Å². The Hall–Kier alpha value is -6.24. The lowest BCUT2D eigenvalue weighted by Crippen LogP contribution is -2.52. The van der Waals surface area contributed by atoms with Crippen molar-refractivity contribution in [2.75, 3.05) is 13.1 Å². The summed E-state index contributed by atoms with van der Waals surface area (Å²) in [6, 6.07) is 24.9. The number of carbonyl (C=O) groups is 5. The van der Waals surface area contributed by atoms with Gasteiger partial charge in [0.05, 0.1) is 30.3 Å². The fraction of sp³-hybridized carbons (Fsp3) is 0.451. The van der Waals surface area contributed by atoms with Gasteiger partial charge in [-0.2, -0.15) is 0 Å². The molecule has 0 radical (unpaired) electrons.